The van der Waals surface area contributed by atoms with E-state index in [9.17, 15) is 8.42 Å². The maximum absolute atomic E-state index is 12.2. The van der Waals surface area contributed by atoms with E-state index < -0.39 is 10.0 Å². The zero-order chi connectivity index (χ0) is 13.6. The molecule has 1 aromatic rings. The van der Waals surface area contributed by atoms with Gasteiger partial charge in [0.05, 0.1) is 4.90 Å². The van der Waals surface area contributed by atoms with E-state index in [4.69, 9.17) is 0 Å². The second kappa shape index (κ2) is 6.68. The molecule has 0 fully saturated rings. The highest BCUT2D eigenvalue weighted by molar-refractivity contribution is 7.89. The molecule has 0 bridgehead atoms. The number of hydrogen-bond donors (Lipinski definition) is 1. The van der Waals surface area contributed by atoms with E-state index >= 15 is 0 Å². The summed E-state index contributed by atoms with van der Waals surface area (Å²) in [6.45, 7) is 7.39. The van der Waals surface area contributed by atoms with Crippen molar-refractivity contribution in [3.63, 3.8) is 0 Å². The number of nitrogens with one attached hydrogen (secondary N) is 1. The monoisotopic (exact) mass is 268 g/mol. The van der Waals surface area contributed by atoms with Gasteiger partial charge in [0.1, 0.15) is 0 Å². The van der Waals surface area contributed by atoms with Crippen LogP contribution in [-0.2, 0) is 16.6 Å². The Hall–Kier alpha value is -1.17. The van der Waals surface area contributed by atoms with Gasteiger partial charge in [0.15, 0.2) is 0 Å². The van der Waals surface area contributed by atoms with Gasteiger partial charge in [-0.3, -0.25) is 0 Å². The first-order chi connectivity index (χ1) is 8.52. The lowest BCUT2D eigenvalue weighted by atomic mass is 10.2. The van der Waals surface area contributed by atoms with Crippen molar-refractivity contribution in [2.45, 2.75) is 18.4 Å². The van der Waals surface area contributed by atoms with Gasteiger partial charge in [-0.15, -0.1) is 6.58 Å². The van der Waals surface area contributed by atoms with Crippen LogP contribution in [0, 0.1) is 0 Å². The molecule has 5 heteroatoms. The van der Waals surface area contributed by atoms with Crippen LogP contribution in [0.5, 0.6) is 0 Å². The number of likely N-dealkylation sites (N-methyl/N-ethyl adjacent to an activating group) is 1. The Morgan fingerprint density at radius 1 is 1.44 bits per heavy atom. The van der Waals surface area contributed by atoms with Gasteiger partial charge in [-0.2, -0.15) is 4.31 Å². The van der Waals surface area contributed by atoms with Crippen LogP contribution in [0.25, 0.3) is 0 Å². The van der Waals surface area contributed by atoms with Crippen molar-refractivity contribution in [1.29, 1.82) is 0 Å². The molecule has 0 amide bonds. The second-order valence-electron chi connectivity index (χ2n) is 4.00. The van der Waals surface area contributed by atoms with Crippen molar-refractivity contribution in [3.8, 4) is 0 Å². The van der Waals surface area contributed by atoms with Crippen molar-refractivity contribution in [1.82, 2.24) is 9.62 Å². The molecule has 1 N–H and O–H groups in total. The predicted molar refractivity (Wildman–Crippen MR) is 73.8 cm³/mol. The molecule has 0 saturated carbocycles. The molecule has 1 rings (SSSR count). The van der Waals surface area contributed by atoms with Crippen LogP contribution in [0.3, 0.4) is 0 Å². The molecule has 0 atom stereocenters. The highest BCUT2D eigenvalue weighted by atomic mass is 32.2. The summed E-state index contributed by atoms with van der Waals surface area (Å²) in [5, 5.41) is 3.17. The summed E-state index contributed by atoms with van der Waals surface area (Å²) in [7, 11) is -1.86. The Morgan fingerprint density at radius 2 is 2.17 bits per heavy atom. The minimum Gasteiger partial charge on any atom is -0.313 e. The predicted octanol–water partition coefficient (Wildman–Crippen LogP) is 1.60. The molecule has 0 aliphatic carbocycles. The lowest BCUT2D eigenvalue weighted by Crippen LogP contribution is -2.27. The second-order valence-corrected chi connectivity index (χ2v) is 6.05. The summed E-state index contributed by atoms with van der Waals surface area (Å²) >= 11 is 0. The van der Waals surface area contributed by atoms with E-state index in [2.05, 4.69) is 11.9 Å². The number of nitrogens with zero attached hydrogens (tertiary/aromatic N) is 1. The molecular weight excluding hydrogens is 248 g/mol. The smallest absolute Gasteiger partial charge is 0.243 e. The molecule has 18 heavy (non-hydrogen) atoms. The van der Waals surface area contributed by atoms with Crippen LogP contribution in [-0.4, -0.2) is 32.9 Å². The van der Waals surface area contributed by atoms with Gasteiger partial charge < -0.3 is 5.32 Å². The van der Waals surface area contributed by atoms with E-state index in [0.29, 0.717) is 18.0 Å². The molecule has 0 spiro atoms. The maximum atomic E-state index is 12.2. The van der Waals surface area contributed by atoms with Gasteiger partial charge in [0.2, 0.25) is 10.0 Å². The Balaban J connectivity index is 2.98. The van der Waals surface area contributed by atoms with E-state index in [-0.39, 0.29) is 0 Å². The fourth-order valence-electron chi connectivity index (χ4n) is 1.55. The van der Waals surface area contributed by atoms with E-state index in [1.54, 1.807) is 31.3 Å². The molecule has 0 radical (unpaired) electrons. The standard InChI is InChI=1S/C13H20N2O2S/c1-4-9-15(3)18(16,17)13-8-6-7-12(10-13)11-14-5-2/h4,6-8,10,14H,1,5,9,11H2,2-3H3. The Morgan fingerprint density at radius 3 is 2.78 bits per heavy atom. The fourth-order valence-corrected chi connectivity index (χ4v) is 2.76. The first-order valence-electron chi connectivity index (χ1n) is 5.89. The van der Waals surface area contributed by atoms with Crippen molar-refractivity contribution < 1.29 is 8.42 Å². The number of hydrogen-bond acceptors (Lipinski definition) is 3. The number of rotatable bonds is 7. The summed E-state index contributed by atoms with van der Waals surface area (Å²) < 4.78 is 25.7. The zero-order valence-corrected chi connectivity index (χ0v) is 11.7. The summed E-state index contributed by atoms with van der Waals surface area (Å²) in [4.78, 5) is 0.322. The van der Waals surface area contributed by atoms with Crippen LogP contribution in [0.1, 0.15) is 12.5 Å². The van der Waals surface area contributed by atoms with Gasteiger partial charge in [0, 0.05) is 20.1 Å². The summed E-state index contributed by atoms with van der Waals surface area (Å²) in [6, 6.07) is 7.00. The van der Waals surface area contributed by atoms with Crippen molar-refractivity contribution in [2.24, 2.45) is 0 Å². The van der Waals surface area contributed by atoms with Crippen LogP contribution < -0.4 is 5.32 Å². The van der Waals surface area contributed by atoms with Crippen molar-refractivity contribution in [3.05, 3.63) is 42.5 Å². The Kier molecular flexibility index (Phi) is 5.53. The summed E-state index contributed by atoms with van der Waals surface area (Å²) in [6.07, 6.45) is 1.57. The normalized spacial score (nSPS) is 11.7. The van der Waals surface area contributed by atoms with Gasteiger partial charge >= 0.3 is 0 Å². The van der Waals surface area contributed by atoms with Gasteiger partial charge in [-0.25, -0.2) is 8.42 Å². The SMILES string of the molecule is C=CCN(C)S(=O)(=O)c1cccc(CNCC)c1. The van der Waals surface area contributed by atoms with Crippen molar-refractivity contribution in [2.75, 3.05) is 20.1 Å². The minimum atomic E-state index is -3.41. The Labute approximate surface area is 109 Å². The number of benzene rings is 1. The lowest BCUT2D eigenvalue weighted by molar-refractivity contribution is 0.499. The third kappa shape index (κ3) is 3.66. The summed E-state index contributed by atoms with van der Waals surface area (Å²) in [5.74, 6) is 0. The largest absolute Gasteiger partial charge is 0.313 e. The molecule has 0 aliphatic heterocycles. The van der Waals surface area contributed by atoms with Crippen LogP contribution in [0.4, 0.5) is 0 Å². The lowest BCUT2D eigenvalue weighted by Gasteiger charge is -2.15. The first kappa shape index (κ1) is 14.9. The van der Waals surface area contributed by atoms with Crippen molar-refractivity contribution >= 4 is 10.0 Å². The molecule has 1 aromatic carbocycles. The molecule has 0 unspecified atom stereocenters. The Bertz CT molecular complexity index is 497. The maximum Gasteiger partial charge on any atom is 0.243 e. The zero-order valence-electron chi connectivity index (χ0n) is 10.9. The number of sulfonamides is 1. The fraction of sp³-hybridized carbons (Fsp3) is 0.385. The van der Waals surface area contributed by atoms with Gasteiger partial charge in [0.25, 0.3) is 0 Å². The van der Waals surface area contributed by atoms with Gasteiger partial charge in [-0.05, 0) is 24.2 Å². The van der Waals surface area contributed by atoms with E-state index in [0.717, 1.165) is 12.1 Å². The topological polar surface area (TPSA) is 49.4 Å². The minimum absolute atomic E-state index is 0.305. The first-order valence-corrected chi connectivity index (χ1v) is 7.33. The summed E-state index contributed by atoms with van der Waals surface area (Å²) in [5.41, 5.74) is 0.963. The molecular formula is C13H20N2O2S. The highest BCUT2D eigenvalue weighted by Gasteiger charge is 2.19. The van der Waals surface area contributed by atoms with E-state index in [1.165, 1.54) is 4.31 Å². The molecule has 0 saturated heterocycles. The molecule has 4 nitrogen and oxygen atoms in total. The molecule has 100 valence electrons. The average molecular weight is 268 g/mol. The van der Waals surface area contributed by atoms with Crippen LogP contribution in [0.15, 0.2) is 41.8 Å². The third-order valence-electron chi connectivity index (χ3n) is 2.57. The molecule has 0 heterocycles. The van der Waals surface area contributed by atoms with Crippen LogP contribution >= 0.6 is 0 Å². The molecule has 0 aliphatic rings. The average Bonchev–Trinajstić information content (AvgIpc) is 2.37. The third-order valence-corrected chi connectivity index (χ3v) is 4.39. The van der Waals surface area contributed by atoms with Crippen LogP contribution in [0.2, 0.25) is 0 Å². The van der Waals surface area contributed by atoms with E-state index in [1.807, 2.05) is 13.0 Å². The van der Waals surface area contributed by atoms with Gasteiger partial charge in [-0.1, -0.05) is 25.1 Å². The highest BCUT2D eigenvalue weighted by Crippen LogP contribution is 2.15. The molecule has 0 aromatic heterocycles. The quantitative estimate of drug-likeness (QED) is 0.764.